The van der Waals surface area contributed by atoms with Gasteiger partial charge in [0.2, 0.25) is 0 Å². The lowest BCUT2D eigenvalue weighted by Crippen LogP contribution is -1.88. The fraction of sp³-hybridized carbons (Fsp3) is 0.600. The van der Waals surface area contributed by atoms with Crippen LogP contribution in [0.5, 0.6) is 0 Å². The fourth-order valence-electron chi connectivity index (χ4n) is 0.508. The van der Waals surface area contributed by atoms with Crippen LogP contribution in [0.25, 0.3) is 0 Å². The topological polar surface area (TPSA) is 0 Å². The molecule has 0 saturated heterocycles. The van der Waals surface area contributed by atoms with Crippen molar-refractivity contribution in [2.45, 2.75) is 27.7 Å². The maximum atomic E-state index is 3.94. The van der Waals surface area contributed by atoms with E-state index >= 15 is 0 Å². The van der Waals surface area contributed by atoms with Crippen LogP contribution in [-0.2, 0) is 0 Å². The van der Waals surface area contributed by atoms with Crippen molar-refractivity contribution < 1.29 is 0 Å². The predicted molar refractivity (Wildman–Crippen MR) is 48.0 cm³/mol. The molecule has 0 aliphatic carbocycles. The van der Waals surface area contributed by atoms with Crippen LogP contribution in [0.15, 0.2) is 24.3 Å². The van der Waals surface area contributed by atoms with Gasteiger partial charge >= 0.3 is 0 Å². The lowest BCUT2D eigenvalue weighted by atomic mass is 10.0. The van der Waals surface area contributed by atoms with E-state index in [1.807, 2.05) is 0 Å². The highest BCUT2D eigenvalue weighted by atomic mass is 14.0. The molecule has 0 spiro atoms. The lowest BCUT2D eigenvalue weighted by Gasteiger charge is -2.03. The van der Waals surface area contributed by atoms with Gasteiger partial charge in [0.25, 0.3) is 0 Å². The summed E-state index contributed by atoms with van der Waals surface area (Å²) in [6.07, 6.45) is 4.30. The molecule has 0 bridgehead atoms. The SMILES string of the molecule is C=C(C=CC(C)C)C(C)C. The molecule has 0 unspecified atom stereocenters. The van der Waals surface area contributed by atoms with Crippen molar-refractivity contribution in [2.24, 2.45) is 11.8 Å². The van der Waals surface area contributed by atoms with Crippen molar-refractivity contribution >= 4 is 0 Å². The average molecular weight is 138 g/mol. The summed E-state index contributed by atoms with van der Waals surface area (Å²) in [6, 6.07) is 0. The Morgan fingerprint density at radius 2 is 1.70 bits per heavy atom. The Balaban J connectivity index is 3.79. The van der Waals surface area contributed by atoms with E-state index in [1.165, 1.54) is 5.57 Å². The summed E-state index contributed by atoms with van der Waals surface area (Å²) >= 11 is 0. The van der Waals surface area contributed by atoms with Gasteiger partial charge in [0.15, 0.2) is 0 Å². The first-order valence-corrected chi connectivity index (χ1v) is 3.91. The highest BCUT2D eigenvalue weighted by Gasteiger charge is 1.93. The second-order valence-corrected chi connectivity index (χ2v) is 3.33. The highest BCUT2D eigenvalue weighted by molar-refractivity contribution is 5.16. The predicted octanol–water partition coefficient (Wildman–Crippen LogP) is 3.41. The van der Waals surface area contributed by atoms with Crippen molar-refractivity contribution in [3.8, 4) is 0 Å². The molecule has 0 aromatic carbocycles. The molecule has 0 heterocycles. The molecule has 0 aliphatic heterocycles. The number of hydrogen-bond donors (Lipinski definition) is 0. The molecule has 0 fully saturated rings. The number of rotatable bonds is 3. The number of hydrogen-bond acceptors (Lipinski definition) is 0. The van der Waals surface area contributed by atoms with Crippen molar-refractivity contribution in [1.82, 2.24) is 0 Å². The summed E-state index contributed by atoms with van der Waals surface area (Å²) < 4.78 is 0. The summed E-state index contributed by atoms with van der Waals surface area (Å²) in [5.74, 6) is 1.21. The molecule has 0 atom stereocenters. The summed E-state index contributed by atoms with van der Waals surface area (Å²) in [6.45, 7) is 12.6. The Hall–Kier alpha value is -0.520. The summed E-state index contributed by atoms with van der Waals surface area (Å²) in [7, 11) is 0. The molecule has 0 saturated carbocycles. The Labute approximate surface area is 64.6 Å². The lowest BCUT2D eigenvalue weighted by molar-refractivity contribution is 0.783. The maximum absolute atomic E-state index is 3.94. The van der Waals surface area contributed by atoms with Gasteiger partial charge in [0, 0.05) is 0 Å². The van der Waals surface area contributed by atoms with E-state index < -0.39 is 0 Å². The number of allylic oxidation sites excluding steroid dienone is 3. The standard InChI is InChI=1S/C10H18/c1-8(2)6-7-10(5)9(3)4/h6-9H,5H2,1-4H3. The van der Waals surface area contributed by atoms with Gasteiger partial charge in [-0.1, -0.05) is 52.0 Å². The minimum absolute atomic E-state index is 0.579. The minimum Gasteiger partial charge on any atom is -0.0956 e. The van der Waals surface area contributed by atoms with Gasteiger partial charge in [-0.15, -0.1) is 0 Å². The average Bonchev–Trinajstić information content (AvgIpc) is 1.82. The van der Waals surface area contributed by atoms with E-state index in [0.717, 1.165) is 0 Å². The molecule has 0 nitrogen and oxygen atoms in total. The van der Waals surface area contributed by atoms with Crippen LogP contribution in [0.3, 0.4) is 0 Å². The highest BCUT2D eigenvalue weighted by Crippen LogP contribution is 2.09. The van der Waals surface area contributed by atoms with Crippen molar-refractivity contribution in [2.75, 3.05) is 0 Å². The quantitative estimate of drug-likeness (QED) is 0.524. The zero-order valence-corrected chi connectivity index (χ0v) is 7.52. The van der Waals surface area contributed by atoms with E-state index in [1.54, 1.807) is 0 Å². The zero-order valence-electron chi connectivity index (χ0n) is 7.52. The smallest absolute Gasteiger partial charge is 0.0225 e. The van der Waals surface area contributed by atoms with Crippen LogP contribution in [0, 0.1) is 11.8 Å². The first-order chi connectivity index (χ1) is 4.54. The van der Waals surface area contributed by atoms with Crippen LogP contribution < -0.4 is 0 Å². The van der Waals surface area contributed by atoms with Crippen LogP contribution in [0.1, 0.15) is 27.7 Å². The van der Waals surface area contributed by atoms with Crippen molar-refractivity contribution in [1.29, 1.82) is 0 Å². The molecule has 0 N–H and O–H groups in total. The molecule has 0 radical (unpaired) electrons. The van der Waals surface area contributed by atoms with Crippen LogP contribution in [0.4, 0.5) is 0 Å². The summed E-state index contributed by atoms with van der Waals surface area (Å²) in [5, 5.41) is 0. The van der Waals surface area contributed by atoms with E-state index in [-0.39, 0.29) is 0 Å². The summed E-state index contributed by atoms with van der Waals surface area (Å²) in [5.41, 5.74) is 1.22. The molecular weight excluding hydrogens is 120 g/mol. The molecule has 0 aromatic heterocycles. The Morgan fingerprint density at radius 3 is 2.00 bits per heavy atom. The fourth-order valence-corrected chi connectivity index (χ4v) is 0.508. The van der Waals surface area contributed by atoms with E-state index in [2.05, 4.69) is 46.4 Å². The molecular formula is C10H18. The molecule has 0 aliphatic rings. The first-order valence-electron chi connectivity index (χ1n) is 3.91. The molecule has 10 heavy (non-hydrogen) atoms. The van der Waals surface area contributed by atoms with Gasteiger partial charge < -0.3 is 0 Å². The van der Waals surface area contributed by atoms with Gasteiger partial charge in [-0.3, -0.25) is 0 Å². The largest absolute Gasteiger partial charge is 0.0956 e. The van der Waals surface area contributed by atoms with Crippen LogP contribution in [0.2, 0.25) is 0 Å². The minimum atomic E-state index is 0.579. The van der Waals surface area contributed by atoms with E-state index in [9.17, 15) is 0 Å². The van der Waals surface area contributed by atoms with E-state index in [4.69, 9.17) is 0 Å². The third-order valence-electron chi connectivity index (χ3n) is 1.44. The molecule has 0 aromatic rings. The second kappa shape index (κ2) is 4.32. The Morgan fingerprint density at radius 1 is 1.20 bits per heavy atom. The van der Waals surface area contributed by atoms with Gasteiger partial charge in [-0.2, -0.15) is 0 Å². The van der Waals surface area contributed by atoms with Crippen molar-refractivity contribution in [3.63, 3.8) is 0 Å². The normalized spacial score (nSPS) is 11.8. The zero-order chi connectivity index (χ0) is 8.15. The molecule has 0 rings (SSSR count). The Bertz CT molecular complexity index is 127. The van der Waals surface area contributed by atoms with E-state index in [0.29, 0.717) is 11.8 Å². The third-order valence-corrected chi connectivity index (χ3v) is 1.44. The van der Waals surface area contributed by atoms with Gasteiger partial charge in [-0.05, 0) is 11.8 Å². The third kappa shape index (κ3) is 4.37. The van der Waals surface area contributed by atoms with Gasteiger partial charge in [0.1, 0.15) is 0 Å². The second-order valence-electron chi connectivity index (χ2n) is 3.33. The van der Waals surface area contributed by atoms with Crippen molar-refractivity contribution in [3.05, 3.63) is 24.3 Å². The summed E-state index contributed by atoms with van der Waals surface area (Å²) in [4.78, 5) is 0. The van der Waals surface area contributed by atoms with Crippen LogP contribution >= 0.6 is 0 Å². The molecule has 0 heteroatoms. The van der Waals surface area contributed by atoms with Gasteiger partial charge in [-0.25, -0.2) is 0 Å². The first kappa shape index (κ1) is 9.48. The maximum Gasteiger partial charge on any atom is -0.0225 e. The molecule has 58 valence electrons. The monoisotopic (exact) mass is 138 g/mol. The van der Waals surface area contributed by atoms with Crippen LogP contribution in [-0.4, -0.2) is 0 Å². The van der Waals surface area contributed by atoms with Gasteiger partial charge in [0.05, 0.1) is 0 Å². The molecule has 0 amide bonds. The Kier molecular flexibility index (Phi) is 4.10.